The van der Waals surface area contributed by atoms with Crippen molar-refractivity contribution in [2.24, 2.45) is 13.0 Å². The maximum atomic E-state index is 12.5. The van der Waals surface area contributed by atoms with Gasteiger partial charge in [-0.15, -0.1) is 0 Å². The van der Waals surface area contributed by atoms with Crippen LogP contribution in [0, 0.1) is 5.92 Å². The Morgan fingerprint density at radius 3 is 2.68 bits per heavy atom. The molecule has 2 aliphatic heterocycles. The van der Waals surface area contributed by atoms with Crippen LogP contribution in [-0.4, -0.2) is 68.0 Å². The van der Waals surface area contributed by atoms with Crippen molar-refractivity contribution in [3.63, 3.8) is 0 Å². The van der Waals surface area contributed by atoms with E-state index in [9.17, 15) is 4.79 Å². The van der Waals surface area contributed by atoms with Gasteiger partial charge in [0.2, 0.25) is 5.91 Å². The molecule has 0 aliphatic carbocycles. The normalized spacial score (nSPS) is 19.6. The Bertz CT molecular complexity index is 749. The number of carbonyl (C=O) groups is 1. The lowest BCUT2D eigenvalue weighted by Gasteiger charge is -2.34. The number of carbonyl (C=O) groups excluding carboxylic acids is 1. The van der Waals surface area contributed by atoms with E-state index >= 15 is 0 Å². The molecular formula is C17H24N6OS. The largest absolute Gasteiger partial charge is 0.355 e. The van der Waals surface area contributed by atoms with E-state index in [1.54, 1.807) is 12.7 Å². The van der Waals surface area contributed by atoms with Gasteiger partial charge in [-0.05, 0) is 18.8 Å². The second kappa shape index (κ2) is 7.19. The number of hydrogen-bond acceptors (Lipinski definition) is 6. The van der Waals surface area contributed by atoms with Crippen LogP contribution in [-0.2, 0) is 11.8 Å². The molecule has 2 saturated heterocycles. The van der Waals surface area contributed by atoms with Gasteiger partial charge in [-0.3, -0.25) is 4.79 Å². The Balaban J connectivity index is 1.37. The minimum absolute atomic E-state index is 0.341. The Morgan fingerprint density at radius 1 is 1.16 bits per heavy atom. The summed E-state index contributed by atoms with van der Waals surface area (Å²) in [5, 5.41) is 0. The average Bonchev–Trinajstić information content (AvgIpc) is 3.04. The number of aromatic nitrogens is 4. The number of thioether (sulfide) groups is 1. The molecule has 25 heavy (non-hydrogen) atoms. The van der Waals surface area contributed by atoms with E-state index in [-0.39, 0.29) is 0 Å². The van der Waals surface area contributed by atoms with Crippen LogP contribution in [0.4, 0.5) is 5.82 Å². The van der Waals surface area contributed by atoms with Crippen molar-refractivity contribution in [2.45, 2.75) is 19.3 Å². The molecule has 8 heteroatoms. The van der Waals surface area contributed by atoms with E-state index in [2.05, 4.69) is 19.9 Å². The molecule has 0 saturated carbocycles. The highest BCUT2D eigenvalue weighted by Crippen LogP contribution is 2.28. The average molecular weight is 360 g/mol. The van der Waals surface area contributed by atoms with E-state index in [4.69, 9.17) is 0 Å². The topological polar surface area (TPSA) is 67.2 Å². The third-order valence-corrected chi connectivity index (χ3v) is 6.16. The number of fused-ring (bicyclic) bond motifs is 1. The summed E-state index contributed by atoms with van der Waals surface area (Å²) < 4.78 is 1.92. The fraction of sp³-hybridized carbons (Fsp3) is 0.647. The Hall–Kier alpha value is -1.83. The van der Waals surface area contributed by atoms with Gasteiger partial charge in [0.1, 0.15) is 6.33 Å². The summed E-state index contributed by atoms with van der Waals surface area (Å²) in [5.74, 6) is 3.91. The van der Waals surface area contributed by atoms with Gasteiger partial charge in [-0.2, -0.15) is 11.8 Å². The molecule has 0 atom stereocenters. The molecule has 2 aromatic heterocycles. The zero-order chi connectivity index (χ0) is 17.2. The van der Waals surface area contributed by atoms with Gasteiger partial charge in [0.05, 0.1) is 6.33 Å². The van der Waals surface area contributed by atoms with Crippen LogP contribution in [0.3, 0.4) is 0 Å². The van der Waals surface area contributed by atoms with Gasteiger partial charge in [-0.25, -0.2) is 15.0 Å². The Morgan fingerprint density at radius 2 is 1.92 bits per heavy atom. The Labute approximate surface area is 151 Å². The standard InChI is InChI=1S/C17H24N6OS/c1-21-12-20-15-16(21)18-11-19-17(15)23-4-2-13(3-5-23)10-14(24)22-6-8-25-9-7-22/h11-13H,2-10H2,1H3. The molecule has 0 N–H and O–H groups in total. The highest BCUT2D eigenvalue weighted by atomic mass is 32.2. The van der Waals surface area contributed by atoms with E-state index in [1.807, 2.05) is 28.3 Å². The first-order valence-corrected chi connectivity index (χ1v) is 10.1. The molecule has 134 valence electrons. The first-order chi connectivity index (χ1) is 12.2. The van der Waals surface area contributed by atoms with Crippen molar-refractivity contribution in [1.82, 2.24) is 24.4 Å². The van der Waals surface area contributed by atoms with Gasteiger partial charge in [0, 0.05) is 51.2 Å². The number of amides is 1. The summed E-state index contributed by atoms with van der Waals surface area (Å²) in [4.78, 5) is 30.0. The quantitative estimate of drug-likeness (QED) is 0.827. The predicted molar refractivity (Wildman–Crippen MR) is 99.8 cm³/mol. The van der Waals surface area contributed by atoms with Gasteiger partial charge >= 0.3 is 0 Å². The molecular weight excluding hydrogens is 336 g/mol. The lowest BCUT2D eigenvalue weighted by atomic mass is 9.93. The molecule has 2 fully saturated rings. The van der Waals surface area contributed by atoms with Gasteiger partial charge in [-0.1, -0.05) is 0 Å². The Kier molecular flexibility index (Phi) is 4.78. The molecule has 4 heterocycles. The van der Waals surface area contributed by atoms with Crippen LogP contribution in [0.5, 0.6) is 0 Å². The first kappa shape index (κ1) is 16.6. The number of nitrogens with zero attached hydrogens (tertiary/aromatic N) is 6. The van der Waals surface area contributed by atoms with Crippen LogP contribution in [0.25, 0.3) is 11.2 Å². The number of piperidine rings is 1. The summed E-state index contributed by atoms with van der Waals surface area (Å²) in [6.07, 6.45) is 6.16. The van der Waals surface area contributed by atoms with Crippen molar-refractivity contribution in [1.29, 1.82) is 0 Å². The van der Waals surface area contributed by atoms with E-state index in [1.165, 1.54) is 0 Å². The third kappa shape index (κ3) is 3.44. The van der Waals surface area contributed by atoms with Crippen molar-refractivity contribution >= 4 is 34.7 Å². The van der Waals surface area contributed by atoms with Crippen LogP contribution in [0.2, 0.25) is 0 Å². The fourth-order valence-corrected chi connectivity index (χ4v) is 4.61. The SMILES string of the molecule is Cn1cnc2c(N3CCC(CC(=O)N4CCSCC4)CC3)ncnc21. The molecule has 2 aromatic rings. The second-order valence-corrected chi connectivity index (χ2v) is 8.08. The summed E-state index contributed by atoms with van der Waals surface area (Å²) in [5.41, 5.74) is 1.73. The second-order valence-electron chi connectivity index (χ2n) is 6.85. The van der Waals surface area contributed by atoms with Crippen molar-refractivity contribution in [3.8, 4) is 0 Å². The molecule has 1 amide bonds. The van der Waals surface area contributed by atoms with Crippen LogP contribution < -0.4 is 4.90 Å². The van der Waals surface area contributed by atoms with Crippen molar-refractivity contribution < 1.29 is 4.79 Å². The van der Waals surface area contributed by atoms with E-state index in [0.717, 1.165) is 67.5 Å². The molecule has 0 bridgehead atoms. The monoisotopic (exact) mass is 360 g/mol. The highest BCUT2D eigenvalue weighted by Gasteiger charge is 2.26. The molecule has 2 aliphatic rings. The zero-order valence-electron chi connectivity index (χ0n) is 14.6. The van der Waals surface area contributed by atoms with Gasteiger partial charge < -0.3 is 14.4 Å². The third-order valence-electron chi connectivity index (χ3n) is 5.22. The molecule has 4 rings (SSSR count). The molecule has 0 spiro atoms. The lowest BCUT2D eigenvalue weighted by Crippen LogP contribution is -2.40. The first-order valence-electron chi connectivity index (χ1n) is 8.95. The summed E-state index contributed by atoms with van der Waals surface area (Å²) in [6, 6.07) is 0. The maximum absolute atomic E-state index is 12.5. The molecule has 0 aromatic carbocycles. The minimum Gasteiger partial charge on any atom is -0.355 e. The number of anilines is 1. The van der Waals surface area contributed by atoms with E-state index < -0.39 is 0 Å². The van der Waals surface area contributed by atoms with Gasteiger partial charge in [0.15, 0.2) is 17.0 Å². The summed E-state index contributed by atoms with van der Waals surface area (Å²) >= 11 is 1.94. The van der Waals surface area contributed by atoms with Crippen LogP contribution in [0.1, 0.15) is 19.3 Å². The van der Waals surface area contributed by atoms with Crippen molar-refractivity contribution in [3.05, 3.63) is 12.7 Å². The van der Waals surface area contributed by atoms with Crippen LogP contribution >= 0.6 is 11.8 Å². The number of aryl methyl sites for hydroxylation is 1. The minimum atomic E-state index is 0.341. The highest BCUT2D eigenvalue weighted by molar-refractivity contribution is 7.99. The predicted octanol–water partition coefficient (Wildman–Crippen LogP) is 1.55. The fourth-order valence-electron chi connectivity index (χ4n) is 3.70. The lowest BCUT2D eigenvalue weighted by molar-refractivity contribution is -0.132. The molecule has 0 unspecified atom stereocenters. The zero-order valence-corrected chi connectivity index (χ0v) is 15.4. The number of hydrogen-bond donors (Lipinski definition) is 0. The van der Waals surface area contributed by atoms with E-state index in [0.29, 0.717) is 18.2 Å². The number of rotatable bonds is 3. The smallest absolute Gasteiger partial charge is 0.222 e. The summed E-state index contributed by atoms with van der Waals surface area (Å²) in [7, 11) is 1.95. The van der Waals surface area contributed by atoms with Gasteiger partial charge in [0.25, 0.3) is 0 Å². The molecule has 0 radical (unpaired) electrons. The molecule has 7 nitrogen and oxygen atoms in total. The van der Waals surface area contributed by atoms with Crippen molar-refractivity contribution in [2.75, 3.05) is 42.6 Å². The number of imidazole rings is 1. The summed E-state index contributed by atoms with van der Waals surface area (Å²) in [6.45, 7) is 3.69. The van der Waals surface area contributed by atoms with Crippen LogP contribution in [0.15, 0.2) is 12.7 Å². The maximum Gasteiger partial charge on any atom is 0.222 e.